The van der Waals surface area contributed by atoms with E-state index in [1.807, 2.05) is 31.2 Å². The van der Waals surface area contributed by atoms with Crippen molar-refractivity contribution in [1.82, 2.24) is 0 Å². The van der Waals surface area contributed by atoms with Gasteiger partial charge >= 0.3 is 0 Å². The predicted octanol–water partition coefficient (Wildman–Crippen LogP) is 2.80. The third kappa shape index (κ3) is 4.26. The van der Waals surface area contributed by atoms with E-state index >= 15 is 0 Å². The van der Waals surface area contributed by atoms with Gasteiger partial charge in [0.05, 0.1) is 16.9 Å². The average molecular weight is 221 g/mol. The fourth-order valence-electron chi connectivity index (χ4n) is 1.25. The quantitative estimate of drug-likeness (QED) is 0.717. The third-order valence-corrected chi connectivity index (χ3v) is 3.61. The Bertz CT molecular complexity index is 364. The number of nitrogens with zero attached hydrogens (tertiary/aromatic N) is 1. The molecule has 1 rings (SSSR count). The highest BCUT2D eigenvalue weighted by Gasteiger charge is 2.02. The summed E-state index contributed by atoms with van der Waals surface area (Å²) in [6.45, 7) is 2.01. The topological polar surface area (TPSA) is 40.9 Å². The molecule has 3 heteroatoms. The number of benzene rings is 1. The Morgan fingerprint density at radius 2 is 1.93 bits per heavy atom. The van der Waals surface area contributed by atoms with Crippen molar-refractivity contribution in [3.05, 3.63) is 29.8 Å². The molecule has 2 nitrogen and oxygen atoms in total. The molecular weight excluding hydrogens is 206 g/mol. The Kier molecular flexibility index (Phi) is 5.06. The van der Waals surface area contributed by atoms with Crippen molar-refractivity contribution in [2.75, 3.05) is 5.75 Å². The number of hydrogen-bond donors (Lipinski definition) is 0. The van der Waals surface area contributed by atoms with Gasteiger partial charge in [-0.1, -0.05) is 17.7 Å². The van der Waals surface area contributed by atoms with E-state index in [-0.39, 0.29) is 0 Å². The summed E-state index contributed by atoms with van der Waals surface area (Å²) >= 11 is 0. The van der Waals surface area contributed by atoms with Crippen molar-refractivity contribution < 1.29 is 4.21 Å². The molecule has 0 aromatic heterocycles. The van der Waals surface area contributed by atoms with Crippen LogP contribution in [0.2, 0.25) is 0 Å². The lowest BCUT2D eigenvalue weighted by molar-refractivity contribution is 0.678. The zero-order chi connectivity index (χ0) is 11.1. The van der Waals surface area contributed by atoms with E-state index in [0.29, 0.717) is 12.2 Å². The van der Waals surface area contributed by atoms with Crippen LogP contribution in [0.4, 0.5) is 0 Å². The Morgan fingerprint density at radius 1 is 1.27 bits per heavy atom. The monoisotopic (exact) mass is 221 g/mol. The summed E-state index contributed by atoms with van der Waals surface area (Å²) in [5.74, 6) is 0.657. The van der Waals surface area contributed by atoms with E-state index in [2.05, 4.69) is 6.07 Å². The summed E-state index contributed by atoms with van der Waals surface area (Å²) in [5, 5.41) is 8.35. The second kappa shape index (κ2) is 6.36. The van der Waals surface area contributed by atoms with Crippen molar-refractivity contribution in [1.29, 1.82) is 5.26 Å². The molecule has 1 aromatic rings. The van der Waals surface area contributed by atoms with Crippen molar-refractivity contribution in [3.8, 4) is 6.07 Å². The molecule has 1 unspecified atom stereocenters. The van der Waals surface area contributed by atoms with Crippen molar-refractivity contribution in [2.24, 2.45) is 0 Å². The Balaban J connectivity index is 2.41. The van der Waals surface area contributed by atoms with E-state index in [4.69, 9.17) is 5.26 Å². The summed E-state index contributed by atoms with van der Waals surface area (Å²) in [5.41, 5.74) is 1.18. The molecule has 0 fully saturated rings. The molecule has 1 aromatic carbocycles. The summed E-state index contributed by atoms with van der Waals surface area (Å²) < 4.78 is 11.7. The van der Waals surface area contributed by atoms with E-state index in [1.165, 1.54) is 5.56 Å². The SMILES string of the molecule is Cc1ccc(S(=O)CCCCC#N)cc1. The highest BCUT2D eigenvalue weighted by molar-refractivity contribution is 7.85. The Labute approximate surface area is 93.4 Å². The zero-order valence-electron chi connectivity index (χ0n) is 8.90. The first-order valence-electron chi connectivity index (χ1n) is 5.06. The molecule has 80 valence electrons. The summed E-state index contributed by atoms with van der Waals surface area (Å²) in [6.07, 6.45) is 2.26. The maximum absolute atomic E-state index is 11.7. The van der Waals surface area contributed by atoms with Gasteiger partial charge in [0.15, 0.2) is 0 Å². The molecule has 0 heterocycles. The van der Waals surface area contributed by atoms with Gasteiger partial charge in [-0.15, -0.1) is 0 Å². The minimum atomic E-state index is -0.905. The number of nitriles is 1. The van der Waals surface area contributed by atoms with Gasteiger partial charge in [0, 0.05) is 17.1 Å². The molecule has 0 aliphatic rings. The van der Waals surface area contributed by atoms with Gasteiger partial charge in [0.1, 0.15) is 0 Å². The van der Waals surface area contributed by atoms with Gasteiger partial charge in [-0.3, -0.25) is 4.21 Å². The number of hydrogen-bond acceptors (Lipinski definition) is 2. The lowest BCUT2D eigenvalue weighted by atomic mass is 10.2. The fourth-order valence-corrected chi connectivity index (χ4v) is 2.39. The Hall–Kier alpha value is -1.14. The smallest absolute Gasteiger partial charge is 0.0621 e. The van der Waals surface area contributed by atoms with Crippen LogP contribution < -0.4 is 0 Å². The molecule has 0 radical (unpaired) electrons. The van der Waals surface area contributed by atoms with Crippen molar-refractivity contribution in [2.45, 2.75) is 31.1 Å². The standard InChI is InChI=1S/C12H15NOS/c1-11-5-7-12(8-6-11)15(14)10-4-2-3-9-13/h5-8H,2-4,10H2,1H3. The molecule has 1 atom stereocenters. The lowest BCUT2D eigenvalue weighted by Gasteiger charge is -2.01. The summed E-state index contributed by atoms with van der Waals surface area (Å²) in [7, 11) is -0.905. The van der Waals surface area contributed by atoms with Gasteiger partial charge in [0.2, 0.25) is 0 Å². The maximum Gasteiger partial charge on any atom is 0.0621 e. The van der Waals surface area contributed by atoms with Crippen LogP contribution in [0.15, 0.2) is 29.2 Å². The van der Waals surface area contributed by atoms with Gasteiger partial charge < -0.3 is 0 Å². The van der Waals surface area contributed by atoms with Crippen LogP contribution in [0.3, 0.4) is 0 Å². The van der Waals surface area contributed by atoms with Gasteiger partial charge in [-0.05, 0) is 31.9 Å². The first-order chi connectivity index (χ1) is 7.24. The van der Waals surface area contributed by atoms with E-state index < -0.39 is 10.8 Å². The van der Waals surface area contributed by atoms with Crippen LogP contribution in [0.5, 0.6) is 0 Å². The van der Waals surface area contributed by atoms with Gasteiger partial charge in [-0.2, -0.15) is 5.26 Å². The van der Waals surface area contributed by atoms with Crippen LogP contribution in [-0.2, 0) is 10.8 Å². The second-order valence-electron chi connectivity index (χ2n) is 3.48. The summed E-state index contributed by atoms with van der Waals surface area (Å²) in [6, 6.07) is 9.86. The molecule has 0 aliphatic heterocycles. The van der Waals surface area contributed by atoms with Crippen LogP contribution in [0, 0.1) is 18.3 Å². The molecule has 15 heavy (non-hydrogen) atoms. The van der Waals surface area contributed by atoms with E-state index in [1.54, 1.807) is 0 Å². The third-order valence-electron chi connectivity index (χ3n) is 2.15. The van der Waals surface area contributed by atoms with Gasteiger partial charge in [0.25, 0.3) is 0 Å². The maximum atomic E-state index is 11.7. The van der Waals surface area contributed by atoms with Crippen LogP contribution >= 0.6 is 0 Å². The van der Waals surface area contributed by atoms with Gasteiger partial charge in [-0.25, -0.2) is 0 Å². The average Bonchev–Trinajstić information content (AvgIpc) is 2.25. The van der Waals surface area contributed by atoms with E-state index in [0.717, 1.165) is 17.7 Å². The summed E-state index contributed by atoms with van der Waals surface area (Å²) in [4.78, 5) is 0.887. The predicted molar refractivity (Wildman–Crippen MR) is 61.9 cm³/mol. The first kappa shape index (κ1) is 11.9. The largest absolute Gasteiger partial charge is 0.254 e. The molecule has 0 saturated carbocycles. The minimum Gasteiger partial charge on any atom is -0.254 e. The molecule has 0 amide bonds. The van der Waals surface area contributed by atoms with Crippen molar-refractivity contribution >= 4 is 10.8 Å². The molecule has 0 aliphatic carbocycles. The second-order valence-corrected chi connectivity index (χ2v) is 5.05. The van der Waals surface area contributed by atoms with Crippen LogP contribution in [-0.4, -0.2) is 9.96 Å². The highest BCUT2D eigenvalue weighted by atomic mass is 32.2. The highest BCUT2D eigenvalue weighted by Crippen LogP contribution is 2.10. The molecule has 0 spiro atoms. The zero-order valence-corrected chi connectivity index (χ0v) is 9.72. The molecular formula is C12H15NOS. The molecule has 0 N–H and O–H groups in total. The number of unbranched alkanes of at least 4 members (excludes halogenated alkanes) is 2. The van der Waals surface area contributed by atoms with Crippen LogP contribution in [0.1, 0.15) is 24.8 Å². The lowest BCUT2D eigenvalue weighted by Crippen LogP contribution is -1.97. The first-order valence-corrected chi connectivity index (χ1v) is 6.38. The number of rotatable bonds is 5. The molecule has 0 bridgehead atoms. The normalized spacial score (nSPS) is 12.0. The Morgan fingerprint density at radius 3 is 2.53 bits per heavy atom. The van der Waals surface area contributed by atoms with Crippen LogP contribution in [0.25, 0.3) is 0 Å². The minimum absolute atomic E-state index is 0.561. The van der Waals surface area contributed by atoms with Crippen molar-refractivity contribution in [3.63, 3.8) is 0 Å². The molecule has 0 saturated heterocycles. The van der Waals surface area contributed by atoms with E-state index in [9.17, 15) is 4.21 Å². The number of aryl methyl sites for hydroxylation is 1. The fraction of sp³-hybridized carbons (Fsp3) is 0.417.